The van der Waals surface area contributed by atoms with E-state index in [2.05, 4.69) is 15.4 Å². The number of anilines is 1. The average molecular weight is 302 g/mol. The van der Waals surface area contributed by atoms with E-state index < -0.39 is 17.5 Å². The van der Waals surface area contributed by atoms with Crippen molar-refractivity contribution < 1.29 is 13.6 Å². The summed E-state index contributed by atoms with van der Waals surface area (Å²) in [7, 11) is 1.71. The smallest absolute Gasteiger partial charge is 0.256 e. The first-order chi connectivity index (χ1) is 10.5. The van der Waals surface area contributed by atoms with Gasteiger partial charge in [0.1, 0.15) is 11.6 Å². The normalized spacial score (nSPS) is 10.9. The molecule has 0 atom stereocenters. The van der Waals surface area contributed by atoms with Crippen LogP contribution in [0.5, 0.6) is 0 Å². The van der Waals surface area contributed by atoms with Gasteiger partial charge in [0.15, 0.2) is 5.65 Å². The maximum Gasteiger partial charge on any atom is 0.256 e. The molecule has 112 valence electrons. The molecular formula is C15H12F2N4O. The molecule has 22 heavy (non-hydrogen) atoms. The fraction of sp³-hybridized carbons (Fsp3) is 0.133. The summed E-state index contributed by atoms with van der Waals surface area (Å²) in [5.74, 6) is -1.88. The molecule has 1 aromatic carbocycles. The van der Waals surface area contributed by atoms with Gasteiger partial charge >= 0.3 is 0 Å². The summed E-state index contributed by atoms with van der Waals surface area (Å²) in [5.41, 5.74) is 1.27. The lowest BCUT2D eigenvalue weighted by Crippen LogP contribution is -2.14. The lowest BCUT2D eigenvalue weighted by molar-refractivity contribution is 0.102. The zero-order chi connectivity index (χ0) is 15.9. The van der Waals surface area contributed by atoms with Gasteiger partial charge in [-0.3, -0.25) is 9.48 Å². The number of aromatic nitrogens is 3. The van der Waals surface area contributed by atoms with Gasteiger partial charge in [0.2, 0.25) is 0 Å². The van der Waals surface area contributed by atoms with Gasteiger partial charge in [-0.1, -0.05) is 0 Å². The maximum absolute atomic E-state index is 13.6. The average Bonchev–Trinajstić information content (AvgIpc) is 2.83. The van der Waals surface area contributed by atoms with Crippen LogP contribution in [0.25, 0.3) is 11.0 Å². The Labute approximate surface area is 124 Å². The quantitative estimate of drug-likeness (QED) is 0.792. The molecule has 0 aliphatic carbocycles. The molecular weight excluding hydrogens is 290 g/mol. The number of halogens is 2. The first kappa shape index (κ1) is 14.1. The molecule has 7 heteroatoms. The fourth-order valence-electron chi connectivity index (χ4n) is 2.21. The van der Waals surface area contributed by atoms with Crippen LogP contribution in [0.1, 0.15) is 16.1 Å². The van der Waals surface area contributed by atoms with Gasteiger partial charge in [-0.25, -0.2) is 13.8 Å². The van der Waals surface area contributed by atoms with Crippen LogP contribution in [-0.4, -0.2) is 20.7 Å². The van der Waals surface area contributed by atoms with Gasteiger partial charge in [-0.05, 0) is 25.1 Å². The highest BCUT2D eigenvalue weighted by atomic mass is 19.1. The van der Waals surface area contributed by atoms with Crippen LogP contribution >= 0.6 is 0 Å². The number of fused-ring (bicyclic) bond motifs is 1. The lowest BCUT2D eigenvalue weighted by Gasteiger charge is -2.08. The van der Waals surface area contributed by atoms with Crippen molar-refractivity contribution in [1.82, 2.24) is 14.8 Å². The summed E-state index contributed by atoms with van der Waals surface area (Å²) in [4.78, 5) is 16.7. The van der Waals surface area contributed by atoms with Gasteiger partial charge < -0.3 is 5.32 Å². The first-order valence-corrected chi connectivity index (χ1v) is 6.51. The fourth-order valence-corrected chi connectivity index (χ4v) is 2.21. The number of aryl methyl sites for hydroxylation is 2. The van der Waals surface area contributed by atoms with Crippen LogP contribution in [-0.2, 0) is 7.05 Å². The molecule has 0 fully saturated rings. The van der Waals surface area contributed by atoms with E-state index in [9.17, 15) is 13.6 Å². The Morgan fingerprint density at radius 3 is 2.82 bits per heavy atom. The van der Waals surface area contributed by atoms with Gasteiger partial charge in [-0.2, -0.15) is 5.10 Å². The van der Waals surface area contributed by atoms with E-state index in [0.717, 1.165) is 18.2 Å². The Morgan fingerprint density at radius 2 is 2.05 bits per heavy atom. The molecule has 0 saturated carbocycles. The van der Waals surface area contributed by atoms with Gasteiger partial charge in [0.25, 0.3) is 5.91 Å². The molecule has 1 N–H and O–H groups in total. The third kappa shape index (κ3) is 2.41. The van der Waals surface area contributed by atoms with Gasteiger partial charge in [0, 0.05) is 18.8 Å². The number of carbonyl (C=O) groups excluding carboxylic acids is 1. The van der Waals surface area contributed by atoms with Crippen molar-refractivity contribution in [2.45, 2.75) is 6.92 Å². The van der Waals surface area contributed by atoms with Crippen LogP contribution in [0.15, 0.2) is 30.5 Å². The van der Waals surface area contributed by atoms with E-state index in [1.54, 1.807) is 24.7 Å². The van der Waals surface area contributed by atoms with Crippen molar-refractivity contribution in [1.29, 1.82) is 0 Å². The Hall–Kier alpha value is -2.83. The Balaban J connectivity index is 2.04. The summed E-state index contributed by atoms with van der Waals surface area (Å²) >= 11 is 0. The SMILES string of the molecule is Cc1cc(C(=O)Nc2cc(F)ccc2F)c2cnn(C)c2n1. The van der Waals surface area contributed by atoms with Crippen molar-refractivity contribution in [3.63, 3.8) is 0 Å². The number of hydrogen-bond acceptors (Lipinski definition) is 3. The molecule has 5 nitrogen and oxygen atoms in total. The molecule has 3 aromatic rings. The zero-order valence-electron chi connectivity index (χ0n) is 11.9. The van der Waals surface area contributed by atoms with Gasteiger partial charge in [0.05, 0.1) is 22.8 Å². The number of pyridine rings is 1. The molecule has 0 spiro atoms. The third-order valence-corrected chi connectivity index (χ3v) is 3.25. The lowest BCUT2D eigenvalue weighted by atomic mass is 10.1. The highest BCUT2D eigenvalue weighted by Gasteiger charge is 2.16. The van der Waals surface area contributed by atoms with E-state index >= 15 is 0 Å². The van der Waals surface area contributed by atoms with E-state index in [1.807, 2.05) is 0 Å². The molecule has 0 radical (unpaired) electrons. The number of nitrogens with zero attached hydrogens (tertiary/aromatic N) is 3. The minimum Gasteiger partial charge on any atom is -0.319 e. The van der Waals surface area contributed by atoms with E-state index in [0.29, 0.717) is 22.3 Å². The number of carbonyl (C=O) groups is 1. The minimum atomic E-state index is -0.706. The number of rotatable bonds is 2. The summed E-state index contributed by atoms with van der Waals surface area (Å²) in [5, 5.41) is 6.98. The number of benzene rings is 1. The minimum absolute atomic E-state index is 0.212. The molecule has 0 bridgehead atoms. The summed E-state index contributed by atoms with van der Waals surface area (Å²) < 4.78 is 28.4. The topological polar surface area (TPSA) is 59.8 Å². The van der Waals surface area contributed by atoms with Crippen LogP contribution in [0.4, 0.5) is 14.5 Å². The standard InChI is InChI=1S/C15H12F2N4O/c1-8-5-10(11-7-18-21(2)14(11)19-8)15(22)20-13-6-9(16)3-4-12(13)17/h3-7H,1-2H3,(H,20,22). The third-order valence-electron chi connectivity index (χ3n) is 3.25. The number of amides is 1. The zero-order valence-corrected chi connectivity index (χ0v) is 11.9. The Kier molecular flexibility index (Phi) is 3.32. The second-order valence-corrected chi connectivity index (χ2v) is 4.89. The Morgan fingerprint density at radius 1 is 1.27 bits per heavy atom. The number of nitrogens with one attached hydrogen (secondary N) is 1. The molecule has 2 heterocycles. The van der Waals surface area contributed by atoms with Crippen molar-refractivity contribution in [3.05, 3.63) is 53.4 Å². The van der Waals surface area contributed by atoms with Crippen molar-refractivity contribution >= 4 is 22.6 Å². The highest BCUT2D eigenvalue weighted by Crippen LogP contribution is 2.21. The summed E-state index contributed by atoms with van der Waals surface area (Å²) in [6.07, 6.45) is 1.51. The molecule has 0 unspecified atom stereocenters. The molecule has 0 saturated heterocycles. The molecule has 0 aliphatic rings. The van der Waals surface area contributed by atoms with E-state index in [1.165, 1.54) is 6.20 Å². The molecule has 0 aliphatic heterocycles. The number of hydrogen-bond donors (Lipinski definition) is 1. The van der Waals surface area contributed by atoms with E-state index in [-0.39, 0.29) is 5.69 Å². The van der Waals surface area contributed by atoms with Crippen LogP contribution in [0.2, 0.25) is 0 Å². The van der Waals surface area contributed by atoms with Crippen LogP contribution < -0.4 is 5.32 Å². The molecule has 2 aromatic heterocycles. The largest absolute Gasteiger partial charge is 0.319 e. The maximum atomic E-state index is 13.6. The predicted molar refractivity (Wildman–Crippen MR) is 77.6 cm³/mol. The monoisotopic (exact) mass is 302 g/mol. The van der Waals surface area contributed by atoms with E-state index in [4.69, 9.17) is 0 Å². The van der Waals surface area contributed by atoms with Crippen LogP contribution in [0.3, 0.4) is 0 Å². The van der Waals surface area contributed by atoms with Crippen molar-refractivity contribution in [2.75, 3.05) is 5.32 Å². The second kappa shape index (κ2) is 5.18. The molecule has 1 amide bonds. The Bertz CT molecular complexity index is 889. The summed E-state index contributed by atoms with van der Waals surface area (Å²) in [6.45, 7) is 1.74. The highest BCUT2D eigenvalue weighted by molar-refractivity contribution is 6.12. The first-order valence-electron chi connectivity index (χ1n) is 6.51. The van der Waals surface area contributed by atoms with Gasteiger partial charge in [-0.15, -0.1) is 0 Å². The van der Waals surface area contributed by atoms with Crippen LogP contribution in [0, 0.1) is 18.6 Å². The molecule has 3 rings (SSSR count). The predicted octanol–water partition coefficient (Wildman–Crippen LogP) is 2.81. The van der Waals surface area contributed by atoms with Crippen molar-refractivity contribution in [2.24, 2.45) is 7.05 Å². The van der Waals surface area contributed by atoms with Crippen molar-refractivity contribution in [3.8, 4) is 0 Å². The second-order valence-electron chi connectivity index (χ2n) is 4.89. The summed E-state index contributed by atoms with van der Waals surface area (Å²) in [6, 6.07) is 4.46.